The Bertz CT molecular complexity index is 448. The summed E-state index contributed by atoms with van der Waals surface area (Å²) in [6, 6.07) is 8.48. The molecular formula is C13H18N2OS. The van der Waals surface area contributed by atoms with Gasteiger partial charge in [-0.15, -0.1) is 11.3 Å². The molecule has 17 heavy (non-hydrogen) atoms. The van der Waals surface area contributed by atoms with Crippen molar-refractivity contribution in [2.75, 3.05) is 0 Å². The zero-order valence-electron chi connectivity index (χ0n) is 10.2. The van der Waals surface area contributed by atoms with Crippen molar-refractivity contribution in [1.29, 1.82) is 0 Å². The van der Waals surface area contributed by atoms with Gasteiger partial charge in [-0.25, -0.2) is 4.98 Å². The van der Waals surface area contributed by atoms with Crippen LogP contribution in [0.4, 0.5) is 0 Å². The predicted molar refractivity (Wildman–Crippen MR) is 72.2 cm³/mol. The van der Waals surface area contributed by atoms with Crippen LogP contribution in [0.3, 0.4) is 0 Å². The van der Waals surface area contributed by atoms with Crippen LogP contribution in [0.15, 0.2) is 24.3 Å². The molecule has 0 saturated carbocycles. The molecule has 0 saturated heterocycles. The van der Waals surface area contributed by atoms with Gasteiger partial charge in [0.15, 0.2) is 0 Å². The molecule has 4 heteroatoms. The fourth-order valence-corrected chi connectivity index (χ4v) is 2.77. The summed E-state index contributed by atoms with van der Waals surface area (Å²) in [6.07, 6.45) is 0.512. The molecule has 1 aromatic heterocycles. The minimum atomic E-state index is -0.257. The topological polar surface area (TPSA) is 45.1 Å². The van der Waals surface area contributed by atoms with Gasteiger partial charge in [0.1, 0.15) is 5.01 Å². The highest BCUT2D eigenvalue weighted by molar-refractivity contribution is 7.18. The Morgan fingerprint density at radius 2 is 2.12 bits per heavy atom. The molecule has 2 atom stereocenters. The number of benzene rings is 1. The number of thiazole rings is 1. The van der Waals surface area contributed by atoms with E-state index >= 15 is 0 Å². The van der Waals surface area contributed by atoms with E-state index in [1.807, 2.05) is 25.1 Å². The van der Waals surface area contributed by atoms with Crippen LogP contribution in [-0.4, -0.2) is 22.2 Å². The van der Waals surface area contributed by atoms with Crippen LogP contribution in [0.5, 0.6) is 0 Å². The maximum absolute atomic E-state index is 9.28. The SMILES string of the molecule is CC(O)CC(C)NCc1nc2ccccc2s1. The van der Waals surface area contributed by atoms with Crippen LogP contribution in [-0.2, 0) is 6.54 Å². The summed E-state index contributed by atoms with van der Waals surface area (Å²) >= 11 is 1.72. The molecule has 2 rings (SSSR count). The third kappa shape index (κ3) is 3.49. The van der Waals surface area contributed by atoms with Gasteiger partial charge in [0, 0.05) is 12.6 Å². The molecule has 0 radical (unpaired) electrons. The number of fused-ring (bicyclic) bond motifs is 1. The van der Waals surface area contributed by atoms with Crippen LogP contribution in [0.1, 0.15) is 25.3 Å². The summed E-state index contributed by atoms with van der Waals surface area (Å²) in [6.45, 7) is 4.67. The van der Waals surface area contributed by atoms with Crippen LogP contribution in [0, 0.1) is 0 Å². The number of rotatable bonds is 5. The van der Waals surface area contributed by atoms with Gasteiger partial charge < -0.3 is 10.4 Å². The second-order valence-corrected chi connectivity index (χ2v) is 5.56. The second kappa shape index (κ2) is 5.58. The minimum absolute atomic E-state index is 0.257. The number of aliphatic hydroxyl groups is 1. The predicted octanol–water partition coefficient (Wildman–Crippen LogP) is 2.55. The van der Waals surface area contributed by atoms with E-state index < -0.39 is 0 Å². The Balaban J connectivity index is 1.95. The van der Waals surface area contributed by atoms with Gasteiger partial charge in [-0.05, 0) is 32.4 Å². The van der Waals surface area contributed by atoms with Crippen LogP contribution in [0.25, 0.3) is 10.2 Å². The molecule has 0 fully saturated rings. The summed E-state index contributed by atoms with van der Waals surface area (Å²) < 4.78 is 1.23. The highest BCUT2D eigenvalue weighted by atomic mass is 32.1. The Labute approximate surface area is 106 Å². The summed E-state index contributed by atoms with van der Waals surface area (Å²) in [5.41, 5.74) is 1.07. The molecule has 0 aliphatic heterocycles. The Morgan fingerprint density at radius 1 is 1.35 bits per heavy atom. The number of hydrogen-bond acceptors (Lipinski definition) is 4. The Kier molecular flexibility index (Phi) is 4.10. The molecule has 2 aromatic rings. The average Bonchev–Trinajstić information content (AvgIpc) is 2.68. The van der Waals surface area contributed by atoms with E-state index in [9.17, 15) is 5.11 Å². The fourth-order valence-electron chi connectivity index (χ4n) is 1.85. The van der Waals surface area contributed by atoms with Gasteiger partial charge in [0.05, 0.1) is 16.3 Å². The van der Waals surface area contributed by atoms with E-state index in [1.54, 1.807) is 11.3 Å². The summed E-state index contributed by atoms with van der Waals surface area (Å²) in [5, 5.41) is 13.8. The molecule has 3 nitrogen and oxygen atoms in total. The first-order valence-electron chi connectivity index (χ1n) is 5.91. The average molecular weight is 250 g/mol. The number of aliphatic hydroxyl groups excluding tert-OH is 1. The van der Waals surface area contributed by atoms with E-state index in [-0.39, 0.29) is 6.10 Å². The van der Waals surface area contributed by atoms with E-state index in [1.165, 1.54) is 4.70 Å². The normalized spacial score (nSPS) is 15.0. The van der Waals surface area contributed by atoms with Crippen molar-refractivity contribution >= 4 is 21.6 Å². The zero-order chi connectivity index (χ0) is 12.3. The third-order valence-electron chi connectivity index (χ3n) is 2.63. The van der Waals surface area contributed by atoms with Crippen molar-refractivity contribution < 1.29 is 5.11 Å². The maximum Gasteiger partial charge on any atom is 0.108 e. The van der Waals surface area contributed by atoms with Gasteiger partial charge in [0.2, 0.25) is 0 Å². The van der Waals surface area contributed by atoms with E-state index in [4.69, 9.17) is 0 Å². The number of para-hydroxylation sites is 1. The largest absolute Gasteiger partial charge is 0.393 e. The number of aromatic nitrogens is 1. The zero-order valence-corrected chi connectivity index (χ0v) is 11.0. The lowest BCUT2D eigenvalue weighted by molar-refractivity contribution is 0.170. The van der Waals surface area contributed by atoms with Crippen molar-refractivity contribution in [2.24, 2.45) is 0 Å². The summed E-state index contributed by atoms with van der Waals surface area (Å²) in [4.78, 5) is 4.56. The first-order valence-corrected chi connectivity index (χ1v) is 6.72. The molecule has 0 aliphatic rings. The first-order chi connectivity index (χ1) is 8.15. The van der Waals surface area contributed by atoms with Crippen molar-refractivity contribution in [3.05, 3.63) is 29.3 Å². The molecular weight excluding hydrogens is 232 g/mol. The third-order valence-corrected chi connectivity index (χ3v) is 3.67. The van der Waals surface area contributed by atoms with E-state index in [0.29, 0.717) is 6.04 Å². The number of hydrogen-bond donors (Lipinski definition) is 2. The molecule has 1 aromatic carbocycles. The lowest BCUT2D eigenvalue weighted by Gasteiger charge is -2.13. The van der Waals surface area contributed by atoms with Crippen LogP contribution in [0.2, 0.25) is 0 Å². The van der Waals surface area contributed by atoms with E-state index in [2.05, 4.69) is 23.3 Å². The van der Waals surface area contributed by atoms with Gasteiger partial charge in [-0.1, -0.05) is 12.1 Å². The minimum Gasteiger partial charge on any atom is -0.393 e. The Morgan fingerprint density at radius 3 is 2.82 bits per heavy atom. The molecule has 0 aliphatic carbocycles. The van der Waals surface area contributed by atoms with Gasteiger partial charge >= 0.3 is 0 Å². The maximum atomic E-state index is 9.28. The van der Waals surface area contributed by atoms with Crippen molar-refractivity contribution in [3.63, 3.8) is 0 Å². The van der Waals surface area contributed by atoms with Gasteiger partial charge in [-0.2, -0.15) is 0 Å². The molecule has 92 valence electrons. The van der Waals surface area contributed by atoms with Crippen molar-refractivity contribution in [1.82, 2.24) is 10.3 Å². The molecule has 1 heterocycles. The van der Waals surface area contributed by atoms with Crippen LogP contribution >= 0.6 is 11.3 Å². The fraction of sp³-hybridized carbons (Fsp3) is 0.462. The standard InChI is InChI=1S/C13H18N2OS/c1-9(7-10(2)16)14-8-13-15-11-5-3-4-6-12(11)17-13/h3-6,9-10,14,16H,7-8H2,1-2H3. The number of nitrogens with zero attached hydrogens (tertiary/aromatic N) is 1. The summed E-state index contributed by atoms with van der Waals surface area (Å²) in [5.74, 6) is 0. The smallest absolute Gasteiger partial charge is 0.108 e. The van der Waals surface area contributed by atoms with Gasteiger partial charge in [-0.3, -0.25) is 0 Å². The molecule has 0 amide bonds. The monoisotopic (exact) mass is 250 g/mol. The first kappa shape index (κ1) is 12.5. The van der Waals surface area contributed by atoms with Crippen molar-refractivity contribution in [2.45, 2.75) is 39.0 Å². The molecule has 2 unspecified atom stereocenters. The lowest BCUT2D eigenvalue weighted by atomic mass is 10.1. The highest BCUT2D eigenvalue weighted by Crippen LogP contribution is 2.21. The van der Waals surface area contributed by atoms with Crippen molar-refractivity contribution in [3.8, 4) is 0 Å². The Hall–Kier alpha value is -0.970. The van der Waals surface area contributed by atoms with Gasteiger partial charge in [0.25, 0.3) is 0 Å². The van der Waals surface area contributed by atoms with E-state index in [0.717, 1.165) is 23.5 Å². The quantitative estimate of drug-likeness (QED) is 0.857. The molecule has 0 spiro atoms. The molecule has 0 bridgehead atoms. The highest BCUT2D eigenvalue weighted by Gasteiger charge is 2.07. The number of nitrogens with one attached hydrogen (secondary N) is 1. The second-order valence-electron chi connectivity index (χ2n) is 4.44. The molecule has 2 N–H and O–H groups in total. The summed E-state index contributed by atoms with van der Waals surface area (Å²) in [7, 11) is 0. The van der Waals surface area contributed by atoms with Crippen LogP contribution < -0.4 is 5.32 Å². The lowest BCUT2D eigenvalue weighted by Crippen LogP contribution is -2.28.